The van der Waals surface area contributed by atoms with Crippen LogP contribution < -0.4 is 16.0 Å². The van der Waals surface area contributed by atoms with Gasteiger partial charge in [0.1, 0.15) is 0 Å². The number of hydrogen-bond donors (Lipinski definition) is 3. The Morgan fingerprint density at radius 1 is 1.29 bits per heavy atom. The van der Waals surface area contributed by atoms with E-state index in [0.717, 1.165) is 31.6 Å². The highest BCUT2D eigenvalue weighted by Crippen LogP contribution is 2.28. The van der Waals surface area contributed by atoms with Gasteiger partial charge in [-0.15, -0.1) is 0 Å². The van der Waals surface area contributed by atoms with Crippen LogP contribution in [0.25, 0.3) is 0 Å². The number of ether oxygens (including phenoxy) is 1. The Morgan fingerprint density at radius 2 is 2.00 bits per heavy atom. The van der Waals surface area contributed by atoms with Gasteiger partial charge in [-0.25, -0.2) is 0 Å². The lowest BCUT2D eigenvalue weighted by Gasteiger charge is -2.37. The zero-order valence-corrected chi connectivity index (χ0v) is 12.7. The van der Waals surface area contributed by atoms with Crippen molar-refractivity contribution in [2.24, 2.45) is 5.41 Å². The third kappa shape index (κ3) is 5.02. The van der Waals surface area contributed by atoms with Crippen LogP contribution in [0.1, 0.15) is 12.8 Å². The van der Waals surface area contributed by atoms with E-state index in [4.69, 9.17) is 4.74 Å². The van der Waals surface area contributed by atoms with Crippen molar-refractivity contribution in [3.05, 3.63) is 30.3 Å². The zero-order valence-electron chi connectivity index (χ0n) is 12.7. The first-order chi connectivity index (χ1) is 10.2. The largest absolute Gasteiger partial charge is 0.384 e. The van der Waals surface area contributed by atoms with Gasteiger partial charge >= 0.3 is 0 Å². The summed E-state index contributed by atoms with van der Waals surface area (Å²) in [5.74, 6) is 0.0212. The summed E-state index contributed by atoms with van der Waals surface area (Å²) in [6.07, 6.45) is 2.07. The molecule has 1 amide bonds. The van der Waals surface area contributed by atoms with E-state index >= 15 is 0 Å². The van der Waals surface area contributed by atoms with Crippen LogP contribution in [0.5, 0.6) is 0 Å². The molecule has 2 rings (SSSR count). The molecule has 1 aromatic rings. The molecule has 0 saturated carbocycles. The standard InChI is InChI=1S/C16H25N3O2/c1-21-13-16(7-9-17-10-8-16)12-19-15(20)11-18-14-5-3-2-4-6-14/h2-6,17-18H,7-13H2,1H3,(H,19,20). The molecule has 1 heterocycles. The van der Waals surface area contributed by atoms with Gasteiger partial charge in [-0.3, -0.25) is 4.79 Å². The van der Waals surface area contributed by atoms with Crippen LogP contribution in [0.3, 0.4) is 0 Å². The van der Waals surface area contributed by atoms with Gasteiger partial charge in [0.15, 0.2) is 0 Å². The molecule has 1 aliphatic heterocycles. The molecule has 0 aliphatic carbocycles. The van der Waals surface area contributed by atoms with E-state index in [1.54, 1.807) is 7.11 Å². The van der Waals surface area contributed by atoms with Crippen molar-refractivity contribution < 1.29 is 9.53 Å². The summed E-state index contributed by atoms with van der Waals surface area (Å²) in [5, 5.41) is 9.51. The summed E-state index contributed by atoms with van der Waals surface area (Å²) >= 11 is 0. The lowest BCUT2D eigenvalue weighted by Crippen LogP contribution is -2.48. The van der Waals surface area contributed by atoms with Crippen molar-refractivity contribution in [3.8, 4) is 0 Å². The smallest absolute Gasteiger partial charge is 0.239 e. The van der Waals surface area contributed by atoms with Gasteiger partial charge in [-0.1, -0.05) is 18.2 Å². The SMILES string of the molecule is COCC1(CNC(=O)CNc2ccccc2)CCNCC1. The maximum atomic E-state index is 12.0. The van der Waals surface area contributed by atoms with Gasteiger partial charge in [0, 0.05) is 24.8 Å². The number of rotatable bonds is 7. The van der Waals surface area contributed by atoms with Crippen LogP contribution in [0, 0.1) is 5.41 Å². The van der Waals surface area contributed by atoms with Crippen LogP contribution in [-0.4, -0.2) is 45.8 Å². The molecule has 0 bridgehead atoms. The molecule has 0 atom stereocenters. The summed E-state index contributed by atoms with van der Waals surface area (Å²) in [7, 11) is 1.72. The average molecular weight is 291 g/mol. The number of piperidine rings is 1. The molecule has 1 fully saturated rings. The predicted molar refractivity (Wildman–Crippen MR) is 84.4 cm³/mol. The van der Waals surface area contributed by atoms with E-state index in [-0.39, 0.29) is 11.3 Å². The third-order valence-electron chi connectivity index (χ3n) is 4.00. The van der Waals surface area contributed by atoms with E-state index in [2.05, 4.69) is 16.0 Å². The third-order valence-corrected chi connectivity index (χ3v) is 4.00. The lowest BCUT2D eigenvalue weighted by molar-refractivity contribution is -0.120. The van der Waals surface area contributed by atoms with Crippen LogP contribution in [0.4, 0.5) is 5.69 Å². The monoisotopic (exact) mass is 291 g/mol. The molecular formula is C16H25N3O2. The molecule has 0 unspecified atom stereocenters. The fourth-order valence-corrected chi connectivity index (χ4v) is 2.72. The minimum Gasteiger partial charge on any atom is -0.384 e. The van der Waals surface area contributed by atoms with E-state index in [9.17, 15) is 4.79 Å². The number of carbonyl (C=O) groups is 1. The van der Waals surface area contributed by atoms with E-state index < -0.39 is 0 Å². The molecule has 1 aliphatic rings. The van der Waals surface area contributed by atoms with Crippen LogP contribution >= 0.6 is 0 Å². The van der Waals surface area contributed by atoms with Crippen LogP contribution in [0.15, 0.2) is 30.3 Å². The van der Waals surface area contributed by atoms with Crippen molar-refractivity contribution in [2.45, 2.75) is 12.8 Å². The molecule has 5 heteroatoms. The fraction of sp³-hybridized carbons (Fsp3) is 0.562. The van der Waals surface area contributed by atoms with Gasteiger partial charge in [0.05, 0.1) is 13.2 Å². The zero-order chi connectivity index (χ0) is 15.0. The maximum Gasteiger partial charge on any atom is 0.239 e. The van der Waals surface area contributed by atoms with E-state index in [1.807, 2.05) is 30.3 Å². The van der Waals surface area contributed by atoms with Gasteiger partial charge in [-0.05, 0) is 38.1 Å². The second-order valence-electron chi connectivity index (χ2n) is 5.68. The topological polar surface area (TPSA) is 62.4 Å². The van der Waals surface area contributed by atoms with Crippen molar-refractivity contribution in [3.63, 3.8) is 0 Å². The fourth-order valence-electron chi connectivity index (χ4n) is 2.72. The van der Waals surface area contributed by atoms with E-state index in [0.29, 0.717) is 19.7 Å². The molecule has 116 valence electrons. The number of amides is 1. The quantitative estimate of drug-likeness (QED) is 0.707. The molecular weight excluding hydrogens is 266 g/mol. The van der Waals surface area contributed by atoms with Crippen molar-refractivity contribution >= 4 is 11.6 Å². The molecule has 0 radical (unpaired) electrons. The number of hydrogen-bond acceptors (Lipinski definition) is 4. The normalized spacial score (nSPS) is 17.2. The van der Waals surface area contributed by atoms with Gasteiger partial charge in [0.25, 0.3) is 0 Å². The molecule has 0 spiro atoms. The first kappa shape index (κ1) is 15.8. The highest BCUT2D eigenvalue weighted by molar-refractivity contribution is 5.80. The number of para-hydroxylation sites is 1. The first-order valence-corrected chi connectivity index (χ1v) is 7.49. The summed E-state index contributed by atoms with van der Waals surface area (Å²) in [6, 6.07) is 9.75. The average Bonchev–Trinajstić information content (AvgIpc) is 2.53. The van der Waals surface area contributed by atoms with Gasteiger partial charge in [0.2, 0.25) is 5.91 Å². The molecule has 0 aromatic heterocycles. The van der Waals surface area contributed by atoms with Gasteiger partial charge < -0.3 is 20.7 Å². The molecule has 1 aromatic carbocycles. The Labute approximate surface area is 126 Å². The summed E-state index contributed by atoms with van der Waals surface area (Å²) in [4.78, 5) is 12.0. The Bertz CT molecular complexity index is 425. The Hall–Kier alpha value is -1.59. The van der Waals surface area contributed by atoms with Crippen LogP contribution in [0.2, 0.25) is 0 Å². The van der Waals surface area contributed by atoms with E-state index in [1.165, 1.54) is 0 Å². The number of benzene rings is 1. The van der Waals surface area contributed by atoms with Crippen LogP contribution in [-0.2, 0) is 9.53 Å². The second-order valence-corrected chi connectivity index (χ2v) is 5.68. The minimum absolute atomic E-state index is 0.0212. The molecule has 3 N–H and O–H groups in total. The molecule has 21 heavy (non-hydrogen) atoms. The van der Waals surface area contributed by atoms with Crippen molar-refractivity contribution in [1.29, 1.82) is 0 Å². The van der Waals surface area contributed by atoms with Crippen molar-refractivity contribution in [2.75, 3.05) is 45.2 Å². The number of nitrogens with one attached hydrogen (secondary N) is 3. The summed E-state index contributed by atoms with van der Waals surface area (Å²) in [6.45, 7) is 3.65. The first-order valence-electron chi connectivity index (χ1n) is 7.49. The summed E-state index contributed by atoms with van der Waals surface area (Å²) in [5.41, 5.74) is 1.03. The second kappa shape index (κ2) is 8.00. The predicted octanol–water partition coefficient (Wildman–Crippen LogP) is 1.23. The molecule has 1 saturated heterocycles. The van der Waals surface area contributed by atoms with Gasteiger partial charge in [-0.2, -0.15) is 0 Å². The highest BCUT2D eigenvalue weighted by Gasteiger charge is 2.32. The number of anilines is 1. The summed E-state index contributed by atoms with van der Waals surface area (Å²) < 4.78 is 5.35. The molecule has 5 nitrogen and oxygen atoms in total. The highest BCUT2D eigenvalue weighted by atomic mass is 16.5. The maximum absolute atomic E-state index is 12.0. The Balaban J connectivity index is 1.76. The Morgan fingerprint density at radius 3 is 2.67 bits per heavy atom. The Kier molecular flexibility index (Phi) is 6.02. The number of methoxy groups -OCH3 is 1. The van der Waals surface area contributed by atoms with Crippen molar-refractivity contribution in [1.82, 2.24) is 10.6 Å². The lowest BCUT2D eigenvalue weighted by atomic mass is 9.79. The minimum atomic E-state index is 0.0212. The number of carbonyl (C=O) groups excluding carboxylic acids is 1.